The summed E-state index contributed by atoms with van der Waals surface area (Å²) >= 11 is 0. The monoisotopic (exact) mass is 317 g/mol. The van der Waals surface area contributed by atoms with E-state index in [0.29, 0.717) is 17.5 Å². The van der Waals surface area contributed by atoms with Crippen molar-refractivity contribution in [3.05, 3.63) is 30.1 Å². The smallest absolute Gasteiger partial charge is 0.253 e. The first-order valence-electron chi connectivity index (χ1n) is 8.31. The Balaban J connectivity index is 1.53. The van der Waals surface area contributed by atoms with Crippen molar-refractivity contribution >= 4 is 11.8 Å². The third-order valence-corrected chi connectivity index (χ3v) is 4.75. The van der Waals surface area contributed by atoms with Crippen LogP contribution in [0.1, 0.15) is 36.0 Å². The van der Waals surface area contributed by atoms with Crippen LogP contribution in [0.5, 0.6) is 0 Å². The van der Waals surface area contributed by atoms with Gasteiger partial charge in [-0.05, 0) is 43.7 Å². The summed E-state index contributed by atoms with van der Waals surface area (Å²) in [6, 6.07) is 3.70. The largest absolute Gasteiger partial charge is 0.381 e. The van der Waals surface area contributed by atoms with Gasteiger partial charge in [0.25, 0.3) is 5.91 Å². The number of ether oxygens (including phenoxy) is 1. The van der Waals surface area contributed by atoms with Crippen LogP contribution in [-0.2, 0) is 9.53 Å². The van der Waals surface area contributed by atoms with Crippen molar-refractivity contribution in [2.24, 2.45) is 5.92 Å². The van der Waals surface area contributed by atoms with E-state index in [4.69, 9.17) is 4.74 Å². The average Bonchev–Trinajstić information content (AvgIpc) is 3.11. The maximum absolute atomic E-state index is 12.5. The first-order chi connectivity index (χ1) is 11.3. The third-order valence-electron chi connectivity index (χ3n) is 4.75. The summed E-state index contributed by atoms with van der Waals surface area (Å²) in [7, 11) is 0. The zero-order valence-electron chi connectivity index (χ0n) is 13.2. The number of likely N-dealkylation sites (tertiary alicyclic amines) is 1. The van der Waals surface area contributed by atoms with Crippen LogP contribution < -0.4 is 5.32 Å². The highest BCUT2D eigenvalue weighted by Crippen LogP contribution is 2.30. The number of carbonyl (C=O) groups excluding carboxylic acids is 2. The molecule has 0 spiro atoms. The Labute approximate surface area is 136 Å². The summed E-state index contributed by atoms with van der Waals surface area (Å²) < 4.78 is 5.42. The number of rotatable bonds is 4. The molecule has 0 bridgehead atoms. The second-order valence-corrected chi connectivity index (χ2v) is 6.17. The summed E-state index contributed by atoms with van der Waals surface area (Å²) in [6.45, 7) is 2.43. The van der Waals surface area contributed by atoms with Gasteiger partial charge in [-0.3, -0.25) is 14.6 Å². The molecule has 6 nitrogen and oxygen atoms in total. The molecule has 23 heavy (non-hydrogen) atoms. The topological polar surface area (TPSA) is 71.5 Å². The molecule has 1 unspecified atom stereocenters. The fraction of sp³-hybridized carbons (Fsp3) is 0.588. The van der Waals surface area contributed by atoms with Gasteiger partial charge < -0.3 is 15.0 Å². The number of nitrogens with zero attached hydrogens (tertiary/aromatic N) is 2. The lowest BCUT2D eigenvalue weighted by Crippen LogP contribution is -2.46. The minimum absolute atomic E-state index is 0.0104. The number of carbonyl (C=O) groups is 2. The zero-order valence-corrected chi connectivity index (χ0v) is 13.2. The van der Waals surface area contributed by atoms with Crippen LogP contribution in [-0.4, -0.2) is 54.0 Å². The second-order valence-electron chi connectivity index (χ2n) is 6.17. The predicted molar refractivity (Wildman–Crippen MR) is 84.8 cm³/mol. The summed E-state index contributed by atoms with van der Waals surface area (Å²) in [6.07, 6.45) is 7.27. The predicted octanol–water partition coefficient (Wildman–Crippen LogP) is 1.23. The van der Waals surface area contributed by atoms with Gasteiger partial charge in [0.1, 0.15) is 0 Å². The zero-order chi connectivity index (χ0) is 16.1. The SMILES string of the molecule is O=C(NCC(=O)N1CCCC1C1CCOCC1)c1cccnc1. The van der Waals surface area contributed by atoms with Gasteiger partial charge in [-0.1, -0.05) is 0 Å². The maximum atomic E-state index is 12.5. The number of hydrogen-bond donors (Lipinski definition) is 1. The van der Waals surface area contributed by atoms with Crippen molar-refractivity contribution in [2.75, 3.05) is 26.3 Å². The summed E-state index contributed by atoms with van der Waals surface area (Å²) in [5.74, 6) is 0.286. The van der Waals surface area contributed by atoms with Crippen LogP contribution in [0.15, 0.2) is 24.5 Å². The van der Waals surface area contributed by atoms with Gasteiger partial charge in [0, 0.05) is 38.2 Å². The number of amides is 2. The van der Waals surface area contributed by atoms with Crippen molar-refractivity contribution < 1.29 is 14.3 Å². The second kappa shape index (κ2) is 7.55. The van der Waals surface area contributed by atoms with Gasteiger partial charge in [0.2, 0.25) is 5.91 Å². The molecule has 2 amide bonds. The molecule has 1 atom stereocenters. The summed E-state index contributed by atoms with van der Waals surface area (Å²) in [4.78, 5) is 30.4. The van der Waals surface area contributed by atoms with E-state index in [0.717, 1.165) is 45.4 Å². The minimum Gasteiger partial charge on any atom is -0.381 e. The third kappa shape index (κ3) is 3.88. The van der Waals surface area contributed by atoms with Crippen LogP contribution in [0.2, 0.25) is 0 Å². The van der Waals surface area contributed by atoms with Crippen molar-refractivity contribution in [1.82, 2.24) is 15.2 Å². The summed E-state index contributed by atoms with van der Waals surface area (Å²) in [5.41, 5.74) is 0.475. The van der Waals surface area contributed by atoms with Gasteiger partial charge >= 0.3 is 0 Å². The quantitative estimate of drug-likeness (QED) is 0.906. The van der Waals surface area contributed by atoms with E-state index >= 15 is 0 Å². The molecule has 1 N–H and O–H groups in total. The van der Waals surface area contributed by atoms with Gasteiger partial charge in [-0.2, -0.15) is 0 Å². The number of pyridine rings is 1. The highest BCUT2D eigenvalue weighted by Gasteiger charge is 2.35. The van der Waals surface area contributed by atoms with Crippen molar-refractivity contribution in [3.8, 4) is 0 Å². The van der Waals surface area contributed by atoms with Crippen LogP contribution in [0.3, 0.4) is 0 Å². The van der Waals surface area contributed by atoms with E-state index in [2.05, 4.69) is 10.3 Å². The van der Waals surface area contributed by atoms with E-state index in [1.165, 1.54) is 6.20 Å². The fourth-order valence-electron chi connectivity index (χ4n) is 3.55. The van der Waals surface area contributed by atoms with E-state index in [9.17, 15) is 9.59 Å². The van der Waals surface area contributed by atoms with Gasteiger partial charge in [0.15, 0.2) is 0 Å². The molecule has 6 heteroatoms. The Morgan fingerprint density at radius 3 is 2.87 bits per heavy atom. The Bertz CT molecular complexity index is 543. The fourth-order valence-corrected chi connectivity index (χ4v) is 3.55. The maximum Gasteiger partial charge on any atom is 0.253 e. The van der Waals surface area contributed by atoms with Crippen molar-refractivity contribution in [1.29, 1.82) is 0 Å². The summed E-state index contributed by atoms with van der Waals surface area (Å²) in [5, 5.41) is 2.70. The number of aromatic nitrogens is 1. The first-order valence-corrected chi connectivity index (χ1v) is 8.31. The number of hydrogen-bond acceptors (Lipinski definition) is 4. The van der Waals surface area contributed by atoms with Crippen LogP contribution >= 0.6 is 0 Å². The lowest BCUT2D eigenvalue weighted by molar-refractivity contribution is -0.132. The average molecular weight is 317 g/mol. The van der Waals surface area contributed by atoms with E-state index in [1.807, 2.05) is 4.90 Å². The molecule has 1 aromatic heterocycles. The van der Waals surface area contributed by atoms with Gasteiger partial charge in [-0.15, -0.1) is 0 Å². The molecule has 0 radical (unpaired) electrons. The molecule has 0 aromatic carbocycles. The van der Waals surface area contributed by atoms with Crippen LogP contribution in [0, 0.1) is 5.92 Å². The molecule has 0 aliphatic carbocycles. The molecule has 2 aliphatic heterocycles. The van der Waals surface area contributed by atoms with Gasteiger partial charge in [-0.25, -0.2) is 0 Å². The molecule has 2 saturated heterocycles. The Hall–Kier alpha value is -1.95. The van der Waals surface area contributed by atoms with Crippen LogP contribution in [0.25, 0.3) is 0 Å². The van der Waals surface area contributed by atoms with E-state index in [1.54, 1.807) is 18.3 Å². The lowest BCUT2D eigenvalue weighted by Gasteiger charge is -2.34. The molecule has 124 valence electrons. The van der Waals surface area contributed by atoms with Crippen molar-refractivity contribution in [3.63, 3.8) is 0 Å². The Morgan fingerprint density at radius 2 is 2.13 bits per heavy atom. The van der Waals surface area contributed by atoms with E-state index < -0.39 is 0 Å². The molecule has 3 rings (SSSR count). The molecule has 2 aliphatic rings. The highest BCUT2D eigenvalue weighted by molar-refractivity contribution is 5.96. The highest BCUT2D eigenvalue weighted by atomic mass is 16.5. The molecule has 3 heterocycles. The number of nitrogens with one attached hydrogen (secondary N) is 1. The van der Waals surface area contributed by atoms with Crippen molar-refractivity contribution in [2.45, 2.75) is 31.7 Å². The molecule has 0 saturated carbocycles. The Morgan fingerprint density at radius 1 is 1.30 bits per heavy atom. The molecule has 1 aromatic rings. The van der Waals surface area contributed by atoms with Crippen LogP contribution in [0.4, 0.5) is 0 Å². The standard InChI is InChI=1S/C17H23N3O3/c21-16(12-19-17(22)14-3-1-7-18-11-14)20-8-2-4-15(20)13-5-9-23-10-6-13/h1,3,7,11,13,15H,2,4-6,8-10,12H2,(H,19,22). The first kappa shape index (κ1) is 15.9. The molecular formula is C17H23N3O3. The Kier molecular flexibility index (Phi) is 5.23. The lowest BCUT2D eigenvalue weighted by atomic mass is 9.90. The minimum atomic E-state index is -0.256. The van der Waals surface area contributed by atoms with Gasteiger partial charge in [0.05, 0.1) is 12.1 Å². The molecule has 2 fully saturated rings. The molecular weight excluding hydrogens is 294 g/mol. The van der Waals surface area contributed by atoms with E-state index in [-0.39, 0.29) is 18.4 Å². The normalized spacial score (nSPS) is 22.1.